The molecule has 0 aliphatic heterocycles. The molecule has 1 aromatic heterocycles. The Labute approximate surface area is 208 Å². The SMILES string of the molecule is Cc1ccc(-n2c(SCC(=O)N/N=C/c3cc([N+](=O)[O-])ccc3Cl)nc3ccccc3c2=O)cc1. The third kappa shape index (κ3) is 5.56. The van der Waals surface area contributed by atoms with Gasteiger partial charge in [-0.05, 0) is 37.3 Å². The summed E-state index contributed by atoms with van der Waals surface area (Å²) in [6.07, 6.45) is 1.23. The molecule has 0 atom stereocenters. The van der Waals surface area contributed by atoms with E-state index in [-0.39, 0.29) is 22.0 Å². The van der Waals surface area contributed by atoms with Gasteiger partial charge < -0.3 is 0 Å². The number of nitro benzene ring substituents is 1. The second-order valence-electron chi connectivity index (χ2n) is 7.43. The molecule has 35 heavy (non-hydrogen) atoms. The average Bonchev–Trinajstić information content (AvgIpc) is 2.84. The van der Waals surface area contributed by atoms with E-state index in [9.17, 15) is 19.7 Å². The van der Waals surface area contributed by atoms with Gasteiger partial charge in [-0.1, -0.05) is 53.2 Å². The lowest BCUT2D eigenvalue weighted by Gasteiger charge is -2.13. The second kappa shape index (κ2) is 10.5. The van der Waals surface area contributed by atoms with E-state index in [0.29, 0.717) is 27.3 Å². The number of carbonyl (C=O) groups excluding carboxylic acids is 1. The van der Waals surface area contributed by atoms with Gasteiger partial charge in [-0.2, -0.15) is 5.10 Å². The highest BCUT2D eigenvalue weighted by atomic mass is 35.5. The first-order chi connectivity index (χ1) is 16.8. The molecule has 0 unspecified atom stereocenters. The molecule has 1 heterocycles. The van der Waals surface area contributed by atoms with E-state index in [0.717, 1.165) is 17.3 Å². The van der Waals surface area contributed by atoms with E-state index >= 15 is 0 Å². The highest BCUT2D eigenvalue weighted by Gasteiger charge is 2.15. The quantitative estimate of drug-likeness (QED) is 0.129. The van der Waals surface area contributed by atoms with Crippen LogP contribution in [0.4, 0.5) is 5.69 Å². The molecular weight excluding hydrogens is 490 g/mol. The Morgan fingerprint density at radius 2 is 1.94 bits per heavy atom. The predicted octanol–water partition coefficient (Wildman–Crippen LogP) is 4.50. The minimum absolute atomic E-state index is 0.0728. The molecule has 0 aliphatic rings. The number of aromatic nitrogens is 2. The van der Waals surface area contributed by atoms with Crippen molar-refractivity contribution in [2.45, 2.75) is 12.1 Å². The van der Waals surface area contributed by atoms with Crippen molar-refractivity contribution in [1.29, 1.82) is 0 Å². The number of carbonyl (C=O) groups is 1. The number of rotatable bonds is 7. The van der Waals surface area contributed by atoms with Gasteiger partial charge in [0.1, 0.15) is 0 Å². The third-order valence-electron chi connectivity index (χ3n) is 4.95. The highest BCUT2D eigenvalue weighted by molar-refractivity contribution is 7.99. The molecule has 4 rings (SSSR count). The van der Waals surface area contributed by atoms with Gasteiger partial charge in [0.05, 0.1) is 33.5 Å². The number of hydrazone groups is 1. The van der Waals surface area contributed by atoms with E-state index in [4.69, 9.17) is 11.6 Å². The summed E-state index contributed by atoms with van der Waals surface area (Å²) in [5, 5.41) is 15.9. The maximum Gasteiger partial charge on any atom is 0.270 e. The lowest BCUT2D eigenvalue weighted by Crippen LogP contribution is -2.24. The van der Waals surface area contributed by atoms with Crippen LogP contribution >= 0.6 is 23.4 Å². The van der Waals surface area contributed by atoms with Gasteiger partial charge >= 0.3 is 0 Å². The molecule has 176 valence electrons. The molecule has 1 amide bonds. The van der Waals surface area contributed by atoms with Crippen molar-refractivity contribution in [3.63, 3.8) is 0 Å². The first-order valence-electron chi connectivity index (χ1n) is 10.3. The third-order valence-corrected chi connectivity index (χ3v) is 6.24. The molecule has 0 radical (unpaired) electrons. The van der Waals surface area contributed by atoms with Crippen LogP contribution in [0.5, 0.6) is 0 Å². The fourth-order valence-corrected chi connectivity index (χ4v) is 4.18. The van der Waals surface area contributed by atoms with E-state index in [1.165, 1.54) is 29.0 Å². The summed E-state index contributed by atoms with van der Waals surface area (Å²) in [5.74, 6) is -0.526. The number of nitrogens with one attached hydrogen (secondary N) is 1. The first kappa shape index (κ1) is 24.1. The van der Waals surface area contributed by atoms with E-state index in [2.05, 4.69) is 15.5 Å². The summed E-state index contributed by atoms with van der Waals surface area (Å²) < 4.78 is 1.48. The van der Waals surface area contributed by atoms with Crippen LogP contribution < -0.4 is 11.0 Å². The molecule has 0 bridgehead atoms. The van der Waals surface area contributed by atoms with Crippen LogP contribution in [0.15, 0.2) is 81.8 Å². The number of aryl methyl sites for hydroxylation is 1. The number of hydrogen-bond donors (Lipinski definition) is 1. The fraction of sp³-hybridized carbons (Fsp3) is 0.0833. The topological polar surface area (TPSA) is 119 Å². The van der Waals surface area contributed by atoms with Crippen molar-refractivity contribution in [1.82, 2.24) is 15.0 Å². The molecule has 0 spiro atoms. The van der Waals surface area contributed by atoms with E-state index < -0.39 is 10.8 Å². The van der Waals surface area contributed by atoms with Crippen molar-refractivity contribution in [2.75, 3.05) is 5.75 Å². The Morgan fingerprint density at radius 3 is 2.69 bits per heavy atom. The summed E-state index contributed by atoms with van der Waals surface area (Å²) in [7, 11) is 0. The number of fused-ring (bicyclic) bond motifs is 1. The van der Waals surface area contributed by atoms with Crippen molar-refractivity contribution >= 4 is 52.1 Å². The summed E-state index contributed by atoms with van der Waals surface area (Å²) in [5.41, 5.74) is 4.49. The molecule has 0 aliphatic carbocycles. The number of non-ortho nitro benzene ring substituents is 1. The highest BCUT2D eigenvalue weighted by Crippen LogP contribution is 2.22. The Hall–Kier alpha value is -4.02. The zero-order valence-electron chi connectivity index (χ0n) is 18.3. The molecule has 3 aromatic carbocycles. The zero-order valence-corrected chi connectivity index (χ0v) is 19.9. The Kier molecular flexibility index (Phi) is 7.23. The Morgan fingerprint density at radius 1 is 1.20 bits per heavy atom. The van der Waals surface area contributed by atoms with Gasteiger partial charge in [0.2, 0.25) is 0 Å². The lowest BCUT2D eigenvalue weighted by atomic mass is 10.2. The molecular formula is C24H18ClN5O4S. The maximum atomic E-state index is 13.2. The van der Waals surface area contributed by atoms with Crippen molar-refractivity contribution in [3.8, 4) is 5.69 Å². The largest absolute Gasteiger partial charge is 0.272 e. The maximum absolute atomic E-state index is 13.2. The van der Waals surface area contributed by atoms with Crippen LogP contribution in [0.1, 0.15) is 11.1 Å². The zero-order chi connectivity index (χ0) is 24.9. The van der Waals surface area contributed by atoms with Crippen LogP contribution in [-0.4, -0.2) is 32.3 Å². The molecule has 1 N–H and O–H groups in total. The van der Waals surface area contributed by atoms with Crippen molar-refractivity contribution in [3.05, 3.63) is 103 Å². The Balaban J connectivity index is 1.54. The van der Waals surface area contributed by atoms with Crippen LogP contribution in [0.25, 0.3) is 16.6 Å². The van der Waals surface area contributed by atoms with Gasteiger partial charge in [0.15, 0.2) is 5.16 Å². The number of hydrogen-bond acceptors (Lipinski definition) is 7. The van der Waals surface area contributed by atoms with Gasteiger partial charge in [-0.3, -0.25) is 24.3 Å². The molecule has 0 saturated heterocycles. The van der Waals surface area contributed by atoms with Crippen LogP contribution in [0, 0.1) is 17.0 Å². The number of nitro groups is 1. The normalized spacial score (nSPS) is 11.1. The van der Waals surface area contributed by atoms with Crippen LogP contribution in [-0.2, 0) is 4.79 Å². The molecule has 11 heteroatoms. The van der Waals surface area contributed by atoms with E-state index in [1.54, 1.807) is 24.3 Å². The molecule has 9 nitrogen and oxygen atoms in total. The number of amides is 1. The Bertz CT molecular complexity index is 1520. The summed E-state index contributed by atoms with van der Waals surface area (Å²) in [4.78, 5) is 40.6. The molecule has 0 fully saturated rings. The minimum atomic E-state index is -0.549. The van der Waals surface area contributed by atoms with Gasteiger partial charge in [0.25, 0.3) is 17.2 Å². The smallest absolute Gasteiger partial charge is 0.270 e. The van der Waals surface area contributed by atoms with Crippen LogP contribution in [0.3, 0.4) is 0 Å². The molecule has 0 saturated carbocycles. The van der Waals surface area contributed by atoms with Gasteiger partial charge in [-0.15, -0.1) is 0 Å². The second-order valence-corrected chi connectivity index (χ2v) is 8.78. The van der Waals surface area contributed by atoms with Crippen LogP contribution in [0.2, 0.25) is 5.02 Å². The minimum Gasteiger partial charge on any atom is -0.272 e. The number of benzene rings is 3. The number of nitrogens with zero attached hydrogens (tertiary/aromatic N) is 4. The summed E-state index contributed by atoms with van der Waals surface area (Å²) in [6.45, 7) is 1.95. The monoisotopic (exact) mass is 507 g/mol. The number of para-hydroxylation sites is 1. The summed E-state index contributed by atoms with van der Waals surface area (Å²) >= 11 is 7.12. The summed E-state index contributed by atoms with van der Waals surface area (Å²) in [6, 6.07) is 18.4. The number of halogens is 1. The van der Waals surface area contributed by atoms with Crippen molar-refractivity contribution < 1.29 is 9.72 Å². The average molecular weight is 508 g/mol. The fourth-order valence-electron chi connectivity index (χ4n) is 3.21. The van der Waals surface area contributed by atoms with Crippen molar-refractivity contribution in [2.24, 2.45) is 5.10 Å². The molecule has 4 aromatic rings. The number of thioether (sulfide) groups is 1. The lowest BCUT2D eigenvalue weighted by molar-refractivity contribution is -0.384. The van der Waals surface area contributed by atoms with Gasteiger partial charge in [-0.25, -0.2) is 10.4 Å². The predicted molar refractivity (Wildman–Crippen MR) is 137 cm³/mol. The van der Waals surface area contributed by atoms with E-state index in [1.807, 2.05) is 31.2 Å². The first-order valence-corrected chi connectivity index (χ1v) is 11.7. The van der Waals surface area contributed by atoms with Gasteiger partial charge in [0, 0.05) is 22.7 Å². The standard InChI is InChI=1S/C24H18ClN5O4S/c1-15-6-8-17(9-7-15)29-23(32)19-4-2-3-5-21(19)27-24(29)35-14-22(31)28-26-13-16-12-18(30(33)34)10-11-20(16)25/h2-13H,14H2,1H3,(H,28,31)/b26-13+.